The van der Waals surface area contributed by atoms with Gasteiger partial charge >= 0.3 is 0 Å². The first-order valence-corrected chi connectivity index (χ1v) is 9.42. The summed E-state index contributed by atoms with van der Waals surface area (Å²) < 4.78 is 28.5. The number of nitrogens with zero attached hydrogens (tertiary/aromatic N) is 3. The molecule has 1 aliphatic heterocycles. The Labute approximate surface area is 162 Å². The molecule has 1 fully saturated rings. The Morgan fingerprint density at radius 1 is 1.29 bits per heavy atom. The maximum Gasteiger partial charge on any atom is 0.254 e. The zero-order valence-corrected chi connectivity index (χ0v) is 15.3. The van der Waals surface area contributed by atoms with Crippen LogP contribution in [0.3, 0.4) is 0 Å². The Balaban J connectivity index is 1.34. The van der Waals surface area contributed by atoms with E-state index in [0.717, 1.165) is 37.9 Å². The van der Waals surface area contributed by atoms with E-state index < -0.39 is 11.5 Å². The van der Waals surface area contributed by atoms with Crippen molar-refractivity contribution < 1.29 is 13.6 Å². The highest BCUT2D eigenvalue weighted by molar-refractivity contribution is 6.13. The van der Waals surface area contributed by atoms with Crippen LogP contribution >= 0.6 is 0 Å². The number of fused-ring (bicyclic) bond motifs is 1. The third-order valence-electron chi connectivity index (χ3n) is 5.26. The number of hydrogen-bond donors (Lipinski definition) is 3. The molecule has 0 saturated heterocycles. The summed E-state index contributed by atoms with van der Waals surface area (Å²) >= 11 is 0. The number of rotatable bonds is 5. The zero-order chi connectivity index (χ0) is 19.7. The van der Waals surface area contributed by atoms with E-state index >= 15 is 0 Å². The lowest BCUT2D eigenvalue weighted by molar-refractivity contribution is 0.0892. The highest BCUT2D eigenvalue weighted by atomic mass is 19.3. The molecule has 2 aromatic rings. The van der Waals surface area contributed by atoms with Gasteiger partial charge in [0.1, 0.15) is 17.3 Å². The monoisotopic (exact) mass is 386 g/mol. The number of allylic oxidation sites excluding steroid dienone is 1. The molecule has 0 spiro atoms. The van der Waals surface area contributed by atoms with Gasteiger partial charge in [0.15, 0.2) is 7.85 Å². The van der Waals surface area contributed by atoms with E-state index in [1.54, 1.807) is 10.8 Å². The van der Waals surface area contributed by atoms with Gasteiger partial charge < -0.3 is 10.6 Å². The highest BCUT2D eigenvalue weighted by Crippen LogP contribution is 2.28. The van der Waals surface area contributed by atoms with Crippen LogP contribution in [-0.2, 0) is 12.2 Å². The number of nitrogens with one attached hydrogen (secondary N) is 3. The summed E-state index contributed by atoms with van der Waals surface area (Å²) in [7, 11) is 4.90. The molecule has 0 atom stereocenters. The predicted molar refractivity (Wildman–Crippen MR) is 99.7 cm³/mol. The highest BCUT2D eigenvalue weighted by Gasteiger charge is 2.30. The van der Waals surface area contributed by atoms with Gasteiger partial charge in [-0.3, -0.25) is 14.5 Å². The fourth-order valence-corrected chi connectivity index (χ4v) is 3.76. The van der Waals surface area contributed by atoms with Crippen LogP contribution in [0.15, 0.2) is 24.7 Å². The number of aromatic nitrogens is 4. The summed E-state index contributed by atoms with van der Waals surface area (Å²) in [6.45, 7) is 0. The number of hydrogen-bond acceptors (Lipinski definition) is 4. The number of H-pyrrole nitrogens is 1. The van der Waals surface area contributed by atoms with E-state index in [0.29, 0.717) is 17.8 Å². The summed E-state index contributed by atoms with van der Waals surface area (Å²) in [5, 5.41) is 12.9. The number of alkyl halides is 2. The van der Waals surface area contributed by atoms with E-state index in [1.165, 1.54) is 12.4 Å². The lowest BCUT2D eigenvalue weighted by Crippen LogP contribution is -2.42. The Morgan fingerprint density at radius 3 is 2.71 bits per heavy atom. The average Bonchev–Trinajstić information content (AvgIpc) is 3.33. The van der Waals surface area contributed by atoms with Gasteiger partial charge in [0.05, 0.1) is 11.8 Å². The molecule has 10 heteroatoms. The number of amides is 1. The molecule has 0 unspecified atom stereocenters. The van der Waals surface area contributed by atoms with Gasteiger partial charge in [0.25, 0.3) is 5.91 Å². The van der Waals surface area contributed by atoms with Crippen LogP contribution in [-0.4, -0.2) is 45.6 Å². The minimum Gasteiger partial charge on any atom is -0.369 e. The van der Waals surface area contributed by atoms with Crippen LogP contribution in [0.2, 0.25) is 0 Å². The molecule has 2 radical (unpaired) electrons. The second-order valence-electron chi connectivity index (χ2n) is 7.32. The molecule has 4 rings (SSSR count). The molecule has 146 valence electrons. The minimum absolute atomic E-state index is 0.118. The molecule has 3 N–H and O–H groups in total. The van der Waals surface area contributed by atoms with E-state index in [1.807, 2.05) is 6.08 Å². The summed E-state index contributed by atoms with van der Waals surface area (Å²) in [5.41, 5.74) is 0.107. The van der Waals surface area contributed by atoms with Crippen molar-refractivity contribution in [2.24, 2.45) is 0 Å². The van der Waals surface area contributed by atoms with Gasteiger partial charge in [0.2, 0.25) is 5.82 Å². The van der Waals surface area contributed by atoms with E-state index in [9.17, 15) is 13.6 Å². The van der Waals surface area contributed by atoms with Crippen molar-refractivity contribution in [2.45, 2.75) is 56.4 Å². The Hall–Kier alpha value is -2.65. The molecule has 7 nitrogen and oxygen atoms in total. The van der Waals surface area contributed by atoms with Crippen LogP contribution < -0.4 is 10.6 Å². The molecule has 1 aliphatic carbocycles. The summed E-state index contributed by atoms with van der Waals surface area (Å²) in [4.78, 5) is 16.1. The second-order valence-corrected chi connectivity index (χ2v) is 7.32. The van der Waals surface area contributed by atoms with Gasteiger partial charge in [0, 0.05) is 30.9 Å². The van der Waals surface area contributed by atoms with Crippen LogP contribution in [0, 0.1) is 0 Å². The predicted octanol–water partition coefficient (Wildman–Crippen LogP) is 1.90. The first-order chi connectivity index (χ1) is 13.4. The van der Waals surface area contributed by atoms with Crippen LogP contribution in [0.5, 0.6) is 0 Å². The first-order valence-electron chi connectivity index (χ1n) is 9.42. The summed E-state index contributed by atoms with van der Waals surface area (Å²) in [5.74, 6) is -2.21. The lowest BCUT2D eigenvalue weighted by atomic mass is 9.91. The zero-order valence-electron chi connectivity index (χ0n) is 15.3. The Kier molecular flexibility index (Phi) is 4.95. The molecular weight excluding hydrogens is 365 g/mol. The molecule has 2 aliphatic rings. The van der Waals surface area contributed by atoms with Crippen molar-refractivity contribution in [2.75, 3.05) is 0 Å². The van der Waals surface area contributed by atoms with Crippen molar-refractivity contribution in [3.05, 3.63) is 41.7 Å². The van der Waals surface area contributed by atoms with E-state index in [-0.39, 0.29) is 18.0 Å². The Bertz CT molecular complexity index is 865. The van der Waals surface area contributed by atoms with Crippen molar-refractivity contribution in [1.29, 1.82) is 0 Å². The molecule has 1 amide bonds. The maximum atomic E-state index is 13.4. The average molecular weight is 386 g/mol. The van der Waals surface area contributed by atoms with E-state index in [4.69, 9.17) is 7.85 Å². The molecule has 1 saturated carbocycles. The molecule has 28 heavy (non-hydrogen) atoms. The third kappa shape index (κ3) is 3.95. The fourth-order valence-electron chi connectivity index (χ4n) is 3.76. The topological polar surface area (TPSA) is 87.6 Å². The smallest absolute Gasteiger partial charge is 0.254 e. The molecule has 3 heterocycles. The fraction of sp³-hybridized carbons (Fsp3) is 0.500. The number of carbonyl (C=O) groups is 1. The molecule has 2 aromatic heterocycles. The van der Waals surface area contributed by atoms with Crippen LogP contribution in [0.25, 0.3) is 5.82 Å². The maximum absolute atomic E-state index is 13.4. The van der Waals surface area contributed by atoms with Gasteiger partial charge in [-0.1, -0.05) is 0 Å². The number of imidazole rings is 1. The lowest BCUT2D eigenvalue weighted by Gasteiger charge is -2.32. The van der Waals surface area contributed by atoms with Crippen LogP contribution in [0.4, 0.5) is 8.78 Å². The first kappa shape index (κ1) is 18.7. The summed E-state index contributed by atoms with van der Waals surface area (Å²) in [6.07, 6.45) is 11.2. The normalized spacial score (nSPS) is 22.3. The van der Waals surface area contributed by atoms with Gasteiger partial charge in [-0.25, -0.2) is 13.8 Å². The third-order valence-corrected chi connectivity index (χ3v) is 5.26. The number of halogens is 2. The number of carbonyl (C=O) groups excluding carboxylic acids is 1. The molecule has 0 bridgehead atoms. The van der Waals surface area contributed by atoms with Crippen molar-refractivity contribution in [3.63, 3.8) is 0 Å². The second kappa shape index (κ2) is 7.41. The van der Waals surface area contributed by atoms with Crippen LogP contribution in [0.1, 0.15) is 54.0 Å². The minimum atomic E-state index is -3.44. The molecule has 0 aromatic carbocycles. The number of aryl methyl sites for hydroxylation is 1. The van der Waals surface area contributed by atoms with Gasteiger partial charge in [-0.05, 0) is 38.2 Å². The Morgan fingerprint density at radius 2 is 2.04 bits per heavy atom. The number of aromatic amines is 1. The SMILES string of the molecule is [B]C(F)(F)c1cn2c(n1)CCC=C2NC1CCC(NC(=O)c2cn[nH]c2)CC1. The van der Waals surface area contributed by atoms with Crippen molar-refractivity contribution in [3.8, 4) is 0 Å². The van der Waals surface area contributed by atoms with Gasteiger partial charge in [-0.15, -0.1) is 0 Å². The molecular formula is C18H21BF2N6O. The van der Waals surface area contributed by atoms with Gasteiger partial charge in [-0.2, -0.15) is 5.10 Å². The summed E-state index contributed by atoms with van der Waals surface area (Å²) in [6, 6.07) is 0.329. The largest absolute Gasteiger partial charge is 0.369 e. The standard InChI is InChI=1S/C18H21BF2N6O/c19-18(20,21)14-10-27-15(2-1-3-16(27)26-14)24-12-4-6-13(7-5-12)25-17(28)11-8-22-23-9-11/h2,8-10,12-13,24H,1,3-7H2,(H,22,23)(H,25,28). The quantitative estimate of drug-likeness (QED) is 0.685. The van der Waals surface area contributed by atoms with E-state index in [2.05, 4.69) is 25.8 Å². The van der Waals surface area contributed by atoms with Crippen molar-refractivity contribution in [1.82, 2.24) is 30.4 Å². The van der Waals surface area contributed by atoms with Crippen molar-refractivity contribution >= 4 is 19.6 Å².